The van der Waals surface area contributed by atoms with Gasteiger partial charge < -0.3 is 10.0 Å². The number of hydrogen-bond acceptors (Lipinski definition) is 2. The van der Waals surface area contributed by atoms with Crippen LogP contribution in [0.25, 0.3) is 0 Å². The molecule has 1 fully saturated rings. The average molecular weight is 287 g/mol. The van der Waals surface area contributed by atoms with Gasteiger partial charge in [-0.2, -0.15) is 0 Å². The minimum atomic E-state index is -0.810. The van der Waals surface area contributed by atoms with Crippen LogP contribution >= 0.6 is 0 Å². The molecule has 0 bridgehead atoms. The summed E-state index contributed by atoms with van der Waals surface area (Å²) in [5, 5.41) is 8.95. The Hall–Kier alpha value is -2.10. The summed E-state index contributed by atoms with van der Waals surface area (Å²) in [7, 11) is 0. The number of likely N-dealkylation sites (tertiary alicyclic amines) is 1. The summed E-state index contributed by atoms with van der Waals surface area (Å²) in [5.41, 5.74) is 2.28. The first-order chi connectivity index (χ1) is 10.1. The number of amides is 1. The highest BCUT2D eigenvalue weighted by atomic mass is 16.4. The average Bonchev–Trinajstić information content (AvgIpc) is 2.96. The molecular formula is C17H21NO3. The van der Waals surface area contributed by atoms with E-state index in [-0.39, 0.29) is 5.91 Å². The van der Waals surface area contributed by atoms with Crippen molar-refractivity contribution in [2.24, 2.45) is 5.92 Å². The topological polar surface area (TPSA) is 57.6 Å². The number of allylic oxidation sites excluding steroid dienone is 1. The summed E-state index contributed by atoms with van der Waals surface area (Å²) in [5.74, 6) is -1.29. The third-order valence-corrected chi connectivity index (χ3v) is 3.87. The highest BCUT2D eigenvalue weighted by molar-refractivity contribution is 5.89. The van der Waals surface area contributed by atoms with Gasteiger partial charge in [0, 0.05) is 19.2 Å². The van der Waals surface area contributed by atoms with E-state index >= 15 is 0 Å². The molecule has 1 heterocycles. The summed E-state index contributed by atoms with van der Waals surface area (Å²) >= 11 is 0. The Morgan fingerprint density at radius 3 is 2.67 bits per heavy atom. The molecule has 0 spiro atoms. The maximum Gasteiger partial charge on any atom is 0.308 e. The molecule has 0 saturated carbocycles. The first-order valence-electron chi connectivity index (χ1n) is 7.29. The van der Waals surface area contributed by atoms with Crippen molar-refractivity contribution in [3.63, 3.8) is 0 Å². The third-order valence-electron chi connectivity index (χ3n) is 3.87. The number of aryl methyl sites for hydroxylation is 1. The Kier molecular flexibility index (Phi) is 5.14. The molecule has 0 aliphatic carbocycles. The fraction of sp³-hybridized carbons (Fsp3) is 0.412. The predicted molar refractivity (Wildman–Crippen MR) is 80.8 cm³/mol. The van der Waals surface area contributed by atoms with Gasteiger partial charge in [-0.15, -0.1) is 0 Å². The molecule has 1 aliphatic heterocycles. The molecule has 1 unspecified atom stereocenters. The number of carbonyl (C=O) groups is 2. The smallest absolute Gasteiger partial charge is 0.308 e. The standard InChI is InChI=1S/C17H21NO3/c1-13(7-8-14-5-3-2-4-6-14)11-16(19)18-10-9-15(12-18)17(20)21/h2-6,11,15H,7-10,12H2,1H3,(H,20,21)/b13-11+. The zero-order chi connectivity index (χ0) is 15.2. The summed E-state index contributed by atoms with van der Waals surface area (Å²) < 4.78 is 0. The molecular weight excluding hydrogens is 266 g/mol. The molecule has 4 nitrogen and oxygen atoms in total. The lowest BCUT2D eigenvalue weighted by molar-refractivity contribution is -0.141. The molecule has 1 saturated heterocycles. The number of hydrogen-bond donors (Lipinski definition) is 1. The van der Waals surface area contributed by atoms with Crippen LogP contribution < -0.4 is 0 Å². The maximum absolute atomic E-state index is 12.1. The van der Waals surface area contributed by atoms with E-state index in [1.807, 2.05) is 25.1 Å². The molecule has 21 heavy (non-hydrogen) atoms. The van der Waals surface area contributed by atoms with Crippen molar-refractivity contribution in [2.45, 2.75) is 26.2 Å². The number of benzene rings is 1. The highest BCUT2D eigenvalue weighted by Gasteiger charge is 2.29. The van der Waals surface area contributed by atoms with Crippen LogP contribution in [0.2, 0.25) is 0 Å². The Morgan fingerprint density at radius 2 is 2.05 bits per heavy atom. The lowest BCUT2D eigenvalue weighted by Crippen LogP contribution is -2.28. The van der Waals surface area contributed by atoms with Gasteiger partial charge in [0.25, 0.3) is 0 Å². The minimum Gasteiger partial charge on any atom is -0.481 e. The van der Waals surface area contributed by atoms with Crippen molar-refractivity contribution >= 4 is 11.9 Å². The second-order valence-corrected chi connectivity index (χ2v) is 5.58. The first-order valence-corrected chi connectivity index (χ1v) is 7.29. The van der Waals surface area contributed by atoms with Gasteiger partial charge in [0.1, 0.15) is 0 Å². The lowest BCUT2D eigenvalue weighted by atomic mass is 10.1. The Balaban J connectivity index is 1.84. The Morgan fingerprint density at radius 1 is 1.33 bits per heavy atom. The molecule has 1 N–H and O–H groups in total. The maximum atomic E-state index is 12.1. The van der Waals surface area contributed by atoms with E-state index in [0.29, 0.717) is 19.5 Å². The number of aliphatic carboxylic acids is 1. The molecule has 112 valence electrons. The van der Waals surface area contributed by atoms with E-state index < -0.39 is 11.9 Å². The monoisotopic (exact) mass is 287 g/mol. The van der Waals surface area contributed by atoms with Gasteiger partial charge in [-0.3, -0.25) is 9.59 Å². The van der Waals surface area contributed by atoms with Crippen LogP contribution in [0.15, 0.2) is 42.0 Å². The van der Waals surface area contributed by atoms with Crippen molar-refractivity contribution in [3.05, 3.63) is 47.5 Å². The summed E-state index contributed by atoms with van der Waals surface area (Å²) in [4.78, 5) is 24.6. The van der Waals surface area contributed by atoms with Gasteiger partial charge in [-0.1, -0.05) is 35.9 Å². The van der Waals surface area contributed by atoms with Crippen LogP contribution in [0.4, 0.5) is 0 Å². The predicted octanol–water partition coefficient (Wildman–Crippen LogP) is 2.50. The van der Waals surface area contributed by atoms with Gasteiger partial charge in [0.15, 0.2) is 0 Å². The zero-order valence-electron chi connectivity index (χ0n) is 12.3. The number of nitrogens with zero attached hydrogens (tertiary/aromatic N) is 1. The molecule has 4 heteroatoms. The van der Waals surface area contributed by atoms with Crippen LogP contribution in [-0.2, 0) is 16.0 Å². The summed E-state index contributed by atoms with van der Waals surface area (Å²) in [6.45, 7) is 2.82. The number of carbonyl (C=O) groups excluding carboxylic acids is 1. The largest absolute Gasteiger partial charge is 0.481 e. The van der Waals surface area contributed by atoms with Gasteiger partial charge >= 0.3 is 5.97 Å². The van der Waals surface area contributed by atoms with E-state index in [9.17, 15) is 9.59 Å². The lowest BCUT2D eigenvalue weighted by Gasteiger charge is -2.14. The fourth-order valence-electron chi connectivity index (χ4n) is 2.52. The Labute approximate surface area is 125 Å². The van der Waals surface area contributed by atoms with Gasteiger partial charge in [0.2, 0.25) is 5.91 Å². The van der Waals surface area contributed by atoms with Crippen LogP contribution in [0.5, 0.6) is 0 Å². The van der Waals surface area contributed by atoms with Crippen LogP contribution in [0, 0.1) is 5.92 Å². The zero-order valence-corrected chi connectivity index (χ0v) is 12.3. The second-order valence-electron chi connectivity index (χ2n) is 5.58. The fourth-order valence-corrected chi connectivity index (χ4v) is 2.52. The van der Waals surface area contributed by atoms with Crippen molar-refractivity contribution in [3.8, 4) is 0 Å². The van der Waals surface area contributed by atoms with Crippen LogP contribution in [0.3, 0.4) is 0 Å². The van der Waals surface area contributed by atoms with Crippen LogP contribution in [-0.4, -0.2) is 35.0 Å². The van der Waals surface area contributed by atoms with E-state index in [0.717, 1.165) is 18.4 Å². The molecule has 0 aromatic heterocycles. The normalized spacial score (nSPS) is 18.8. The quantitative estimate of drug-likeness (QED) is 0.847. The van der Waals surface area contributed by atoms with E-state index in [1.54, 1.807) is 11.0 Å². The second kappa shape index (κ2) is 7.07. The number of carboxylic acids is 1. The van der Waals surface area contributed by atoms with Crippen molar-refractivity contribution < 1.29 is 14.7 Å². The molecule has 1 aromatic rings. The minimum absolute atomic E-state index is 0.0655. The molecule has 2 rings (SSSR count). The molecule has 1 aromatic carbocycles. The summed E-state index contributed by atoms with van der Waals surface area (Å²) in [6.07, 6.45) is 3.95. The van der Waals surface area contributed by atoms with E-state index in [1.165, 1.54) is 5.56 Å². The van der Waals surface area contributed by atoms with Crippen LogP contribution in [0.1, 0.15) is 25.3 Å². The molecule has 1 atom stereocenters. The summed E-state index contributed by atoms with van der Waals surface area (Å²) in [6, 6.07) is 10.2. The first kappa shape index (κ1) is 15.3. The Bertz CT molecular complexity index is 536. The molecule has 0 radical (unpaired) electrons. The van der Waals surface area contributed by atoms with E-state index in [4.69, 9.17) is 5.11 Å². The van der Waals surface area contributed by atoms with Crippen molar-refractivity contribution in [2.75, 3.05) is 13.1 Å². The highest BCUT2D eigenvalue weighted by Crippen LogP contribution is 2.17. The van der Waals surface area contributed by atoms with Crippen molar-refractivity contribution in [1.82, 2.24) is 4.90 Å². The number of rotatable bonds is 5. The number of carboxylic acid groups (broad SMARTS) is 1. The van der Waals surface area contributed by atoms with E-state index in [2.05, 4.69) is 12.1 Å². The molecule has 1 aliphatic rings. The third kappa shape index (κ3) is 4.45. The SMILES string of the molecule is C/C(=C\C(=O)N1CCC(C(=O)O)C1)CCc1ccccc1. The molecule has 1 amide bonds. The van der Waals surface area contributed by atoms with Gasteiger partial charge in [0.05, 0.1) is 5.92 Å². The van der Waals surface area contributed by atoms with Gasteiger partial charge in [-0.05, 0) is 31.7 Å². The van der Waals surface area contributed by atoms with Crippen molar-refractivity contribution in [1.29, 1.82) is 0 Å². The van der Waals surface area contributed by atoms with Gasteiger partial charge in [-0.25, -0.2) is 0 Å².